The lowest BCUT2D eigenvalue weighted by molar-refractivity contribution is -0.134. The molecule has 0 aliphatic heterocycles. The first kappa shape index (κ1) is 32.0. The molecule has 1 aromatic carbocycles. The Morgan fingerprint density at radius 2 is 1.80 bits per heavy atom. The van der Waals surface area contributed by atoms with E-state index in [2.05, 4.69) is 60.3 Å². The van der Waals surface area contributed by atoms with Gasteiger partial charge in [-0.05, 0) is 79.5 Å². The molecule has 218 valence electrons. The Balaban J connectivity index is 2.40. The molecule has 0 amide bonds. The van der Waals surface area contributed by atoms with E-state index in [0.29, 0.717) is 17.4 Å². The molecule has 2 aliphatic rings. The van der Waals surface area contributed by atoms with Crippen LogP contribution >= 0.6 is 11.8 Å². The van der Waals surface area contributed by atoms with E-state index in [9.17, 15) is 9.59 Å². The van der Waals surface area contributed by atoms with Gasteiger partial charge in [0, 0.05) is 29.7 Å². The number of ether oxygens (including phenoxy) is 2. The van der Waals surface area contributed by atoms with Crippen molar-refractivity contribution in [1.82, 2.24) is 0 Å². The van der Waals surface area contributed by atoms with Crippen LogP contribution in [-0.2, 0) is 15.0 Å². The van der Waals surface area contributed by atoms with E-state index < -0.39 is 11.9 Å². The maximum Gasteiger partial charge on any atom is 0.308 e. The summed E-state index contributed by atoms with van der Waals surface area (Å²) < 4.78 is 11.4. The van der Waals surface area contributed by atoms with Gasteiger partial charge in [-0.15, -0.1) is 11.8 Å². The molecule has 0 heterocycles. The second-order valence-electron chi connectivity index (χ2n) is 12.6. The molecule has 40 heavy (non-hydrogen) atoms. The first-order valence-corrected chi connectivity index (χ1v) is 15.4. The zero-order chi connectivity index (χ0) is 30.0. The smallest absolute Gasteiger partial charge is 0.308 e. The van der Waals surface area contributed by atoms with Crippen LogP contribution in [0.4, 0.5) is 0 Å². The highest BCUT2D eigenvalue weighted by Crippen LogP contribution is 2.67. The monoisotopic (exact) mass is 564 g/mol. The third-order valence-electron chi connectivity index (χ3n) is 9.41. The summed E-state index contributed by atoms with van der Waals surface area (Å²) in [5.41, 5.74) is 4.47. The number of carbonyl (C=O) groups is 2. The molecule has 1 unspecified atom stereocenters. The number of hydrogen-bond acceptors (Lipinski definition) is 5. The molecule has 0 spiro atoms. The molecule has 0 saturated heterocycles. The van der Waals surface area contributed by atoms with Crippen molar-refractivity contribution in [2.24, 2.45) is 16.7 Å². The summed E-state index contributed by atoms with van der Waals surface area (Å²) >= 11 is 1.76. The van der Waals surface area contributed by atoms with Gasteiger partial charge in [0.2, 0.25) is 0 Å². The van der Waals surface area contributed by atoms with Gasteiger partial charge in [-0.2, -0.15) is 0 Å². The molecule has 1 fully saturated rings. The van der Waals surface area contributed by atoms with Crippen LogP contribution in [0.3, 0.4) is 0 Å². The predicted molar refractivity (Wildman–Crippen MR) is 168 cm³/mol. The Hall–Kier alpha value is -2.53. The first-order valence-electron chi connectivity index (χ1n) is 14.6. The Kier molecular flexibility index (Phi) is 9.71. The lowest BCUT2D eigenvalue weighted by Gasteiger charge is -2.60. The average molecular weight is 565 g/mol. The number of benzene rings is 1. The van der Waals surface area contributed by atoms with Crippen molar-refractivity contribution < 1.29 is 19.1 Å². The molecule has 0 bridgehead atoms. The van der Waals surface area contributed by atoms with E-state index in [1.807, 2.05) is 38.1 Å². The van der Waals surface area contributed by atoms with Crippen LogP contribution in [0.5, 0.6) is 11.5 Å². The molecule has 0 aromatic heterocycles. The standard InChI is InChI=1S/C35H48O4S/c1-12-15-16-26(13-2)40-29-20-30-34(10,18-17-33(9,21-22(4)5)35(30,11)14-3)27-19-28(38-24(7)36)32(39-25(8)37)23(6)31(27)29/h12-13,15-16,19-20,22,29H,2,14,17-18,21H2,1,3-11H3/b15-12+,26-16+/t29?,33-,34-,35+/m0/s1. The van der Waals surface area contributed by atoms with Crippen molar-refractivity contribution in [3.63, 3.8) is 0 Å². The van der Waals surface area contributed by atoms with Crippen LogP contribution in [0.25, 0.3) is 0 Å². The van der Waals surface area contributed by atoms with Crippen molar-refractivity contribution in [3.05, 3.63) is 70.2 Å². The molecule has 3 rings (SSSR count). The molecule has 4 nitrogen and oxygen atoms in total. The Morgan fingerprint density at radius 1 is 1.15 bits per heavy atom. The van der Waals surface area contributed by atoms with Crippen molar-refractivity contribution in [2.75, 3.05) is 0 Å². The maximum absolute atomic E-state index is 12.2. The van der Waals surface area contributed by atoms with Crippen LogP contribution in [0.2, 0.25) is 0 Å². The normalized spacial score (nSPS) is 28.1. The average Bonchev–Trinajstić information content (AvgIpc) is 2.86. The zero-order valence-electron chi connectivity index (χ0n) is 26.2. The number of thioether (sulfide) groups is 1. The number of rotatable bonds is 9. The molecular formula is C35H48O4S. The molecule has 5 heteroatoms. The molecular weight excluding hydrogens is 516 g/mol. The van der Waals surface area contributed by atoms with Gasteiger partial charge in [-0.25, -0.2) is 0 Å². The van der Waals surface area contributed by atoms with Crippen molar-refractivity contribution in [1.29, 1.82) is 0 Å². The van der Waals surface area contributed by atoms with Gasteiger partial charge in [0.05, 0.1) is 5.25 Å². The van der Waals surface area contributed by atoms with Gasteiger partial charge in [0.25, 0.3) is 0 Å². The van der Waals surface area contributed by atoms with E-state index in [4.69, 9.17) is 9.47 Å². The summed E-state index contributed by atoms with van der Waals surface area (Å²) in [4.78, 5) is 25.4. The van der Waals surface area contributed by atoms with Crippen molar-refractivity contribution in [3.8, 4) is 11.5 Å². The third-order valence-corrected chi connectivity index (χ3v) is 10.6. The van der Waals surface area contributed by atoms with Crippen LogP contribution in [-0.4, -0.2) is 11.9 Å². The topological polar surface area (TPSA) is 52.6 Å². The second kappa shape index (κ2) is 12.1. The highest BCUT2D eigenvalue weighted by molar-refractivity contribution is 8.03. The van der Waals surface area contributed by atoms with Crippen molar-refractivity contribution in [2.45, 2.75) is 106 Å². The highest BCUT2D eigenvalue weighted by Gasteiger charge is 2.57. The minimum absolute atomic E-state index is 0.0216. The van der Waals surface area contributed by atoms with Gasteiger partial charge in [0.1, 0.15) is 0 Å². The Morgan fingerprint density at radius 3 is 2.33 bits per heavy atom. The zero-order valence-corrected chi connectivity index (χ0v) is 27.0. The molecule has 1 saturated carbocycles. The van der Waals surface area contributed by atoms with E-state index in [-0.39, 0.29) is 21.5 Å². The minimum Gasteiger partial charge on any atom is -0.423 e. The molecule has 0 radical (unpaired) electrons. The Bertz CT molecular complexity index is 1270. The quantitative estimate of drug-likeness (QED) is 0.129. The summed E-state index contributed by atoms with van der Waals surface area (Å²) in [5, 5.41) is -0.0273. The van der Waals surface area contributed by atoms with E-state index in [1.54, 1.807) is 11.8 Å². The van der Waals surface area contributed by atoms with Crippen LogP contribution < -0.4 is 9.47 Å². The maximum atomic E-state index is 12.2. The van der Waals surface area contributed by atoms with E-state index >= 15 is 0 Å². The number of esters is 2. The summed E-state index contributed by atoms with van der Waals surface area (Å²) in [5.74, 6) is 0.350. The van der Waals surface area contributed by atoms with E-state index in [1.165, 1.54) is 19.4 Å². The summed E-state index contributed by atoms with van der Waals surface area (Å²) in [6, 6.07) is 1.98. The molecule has 2 aliphatic carbocycles. The van der Waals surface area contributed by atoms with Gasteiger partial charge in [-0.1, -0.05) is 78.0 Å². The number of hydrogen-bond donors (Lipinski definition) is 0. The van der Waals surface area contributed by atoms with Gasteiger partial charge in [-0.3, -0.25) is 9.59 Å². The Labute approximate surface area is 246 Å². The third kappa shape index (κ3) is 5.77. The van der Waals surface area contributed by atoms with Gasteiger partial charge < -0.3 is 9.47 Å². The molecule has 1 aromatic rings. The fourth-order valence-corrected chi connectivity index (χ4v) is 8.46. The summed E-state index contributed by atoms with van der Waals surface area (Å²) in [7, 11) is 0. The largest absolute Gasteiger partial charge is 0.423 e. The summed E-state index contributed by atoms with van der Waals surface area (Å²) in [6.07, 6.45) is 14.8. The predicted octanol–water partition coefficient (Wildman–Crippen LogP) is 9.73. The fraction of sp³-hybridized carbons (Fsp3) is 0.543. The second-order valence-corrected chi connectivity index (χ2v) is 13.8. The molecule has 4 atom stereocenters. The van der Waals surface area contributed by atoms with Crippen LogP contribution in [0, 0.1) is 23.7 Å². The van der Waals surface area contributed by atoms with Crippen LogP contribution in [0.15, 0.2) is 53.5 Å². The fourth-order valence-electron chi connectivity index (χ4n) is 7.29. The SMILES string of the molecule is C=C/C(=C\C=C\C)SC1C=C2[C@@](C)(CC[C@@](C)(CC(C)C)[C@]2(C)CC)c2cc(OC(C)=O)c(OC(C)=O)c(C)c21. The van der Waals surface area contributed by atoms with Crippen LogP contribution in [0.1, 0.15) is 110 Å². The number of allylic oxidation sites excluding steroid dienone is 5. The summed E-state index contributed by atoms with van der Waals surface area (Å²) in [6.45, 7) is 25.1. The van der Waals surface area contributed by atoms with Crippen molar-refractivity contribution >= 4 is 23.7 Å². The van der Waals surface area contributed by atoms with E-state index in [0.717, 1.165) is 47.3 Å². The lowest BCUT2D eigenvalue weighted by atomic mass is 9.44. The number of carbonyl (C=O) groups excluding carboxylic acids is 2. The lowest BCUT2D eigenvalue weighted by Crippen LogP contribution is -2.52. The van der Waals surface area contributed by atoms with Gasteiger partial charge >= 0.3 is 11.9 Å². The molecule has 0 N–H and O–H groups in total. The highest BCUT2D eigenvalue weighted by atomic mass is 32.2. The minimum atomic E-state index is -0.445. The number of fused-ring (bicyclic) bond motifs is 3. The first-order chi connectivity index (χ1) is 18.7. The van der Waals surface area contributed by atoms with Gasteiger partial charge in [0.15, 0.2) is 11.5 Å².